The zero-order valence-corrected chi connectivity index (χ0v) is 30.1. The first-order chi connectivity index (χ1) is 27.7. The van der Waals surface area contributed by atoms with Crippen molar-refractivity contribution in [1.29, 1.82) is 10.8 Å². The third kappa shape index (κ3) is 4.56. The molecular formula is C50H33N5O. The number of hydrogen-bond acceptors (Lipinski definition) is 4. The first-order valence-corrected chi connectivity index (χ1v) is 18.7. The molecule has 0 bridgehead atoms. The number of para-hydroxylation sites is 5. The molecule has 0 atom stereocenters. The Bertz CT molecular complexity index is 3260. The molecule has 0 aliphatic carbocycles. The molecule has 11 rings (SSSR count). The molecule has 0 aliphatic heterocycles. The van der Waals surface area contributed by atoms with Gasteiger partial charge in [0.1, 0.15) is 11.2 Å². The van der Waals surface area contributed by atoms with Gasteiger partial charge in [-0.05, 0) is 84.9 Å². The SMILES string of the molecule is N=Cc1c(-n2c3ccccc3c3ccccc32)ccc(-n2c3ccc(N(c4ccccc4)c4ccccc4)cc3c3c4oc5ccccc5c4ccc32)c1C=N. The van der Waals surface area contributed by atoms with Crippen molar-refractivity contribution in [1.82, 2.24) is 9.13 Å². The van der Waals surface area contributed by atoms with Crippen molar-refractivity contribution in [2.75, 3.05) is 4.90 Å². The summed E-state index contributed by atoms with van der Waals surface area (Å²) < 4.78 is 11.2. The lowest BCUT2D eigenvalue weighted by atomic mass is 10.0. The Labute approximate surface area is 321 Å². The summed E-state index contributed by atoms with van der Waals surface area (Å²) in [7, 11) is 0. The monoisotopic (exact) mass is 719 g/mol. The molecular weight excluding hydrogens is 687 g/mol. The molecule has 11 aromatic rings. The Morgan fingerprint density at radius 2 is 0.911 bits per heavy atom. The summed E-state index contributed by atoms with van der Waals surface area (Å²) in [5, 5.41) is 24.2. The molecule has 3 heterocycles. The van der Waals surface area contributed by atoms with Gasteiger partial charge in [-0.2, -0.15) is 0 Å². The van der Waals surface area contributed by atoms with Crippen LogP contribution < -0.4 is 4.90 Å². The van der Waals surface area contributed by atoms with E-state index >= 15 is 0 Å². The van der Waals surface area contributed by atoms with Gasteiger partial charge in [-0.25, -0.2) is 0 Å². The molecule has 6 nitrogen and oxygen atoms in total. The van der Waals surface area contributed by atoms with Crippen LogP contribution in [0.25, 0.3) is 76.9 Å². The van der Waals surface area contributed by atoms with Gasteiger partial charge in [-0.15, -0.1) is 0 Å². The van der Waals surface area contributed by atoms with Crippen LogP contribution in [0.1, 0.15) is 11.1 Å². The van der Waals surface area contributed by atoms with Gasteiger partial charge < -0.3 is 29.3 Å². The highest BCUT2D eigenvalue weighted by Gasteiger charge is 2.24. The average Bonchev–Trinajstić information content (AvgIpc) is 3.91. The zero-order chi connectivity index (χ0) is 37.3. The van der Waals surface area contributed by atoms with E-state index in [4.69, 9.17) is 15.2 Å². The van der Waals surface area contributed by atoms with E-state index in [1.807, 2.05) is 24.3 Å². The van der Waals surface area contributed by atoms with E-state index < -0.39 is 0 Å². The molecule has 0 fully saturated rings. The molecule has 0 saturated heterocycles. The van der Waals surface area contributed by atoms with Crippen molar-refractivity contribution in [3.05, 3.63) is 187 Å². The van der Waals surface area contributed by atoms with Crippen molar-refractivity contribution in [2.45, 2.75) is 0 Å². The lowest BCUT2D eigenvalue weighted by Crippen LogP contribution is -2.10. The maximum Gasteiger partial charge on any atom is 0.145 e. The molecule has 6 heteroatoms. The second-order valence-corrected chi connectivity index (χ2v) is 14.1. The van der Waals surface area contributed by atoms with Crippen molar-refractivity contribution in [3.8, 4) is 11.4 Å². The summed E-state index contributed by atoms with van der Waals surface area (Å²) in [4.78, 5) is 2.28. The number of hydrogen-bond donors (Lipinski definition) is 2. The molecule has 0 amide bonds. The van der Waals surface area contributed by atoms with E-state index in [1.165, 1.54) is 12.4 Å². The zero-order valence-electron chi connectivity index (χ0n) is 30.1. The first-order valence-electron chi connectivity index (χ1n) is 18.7. The van der Waals surface area contributed by atoms with Gasteiger partial charge in [0.15, 0.2) is 0 Å². The lowest BCUT2D eigenvalue weighted by Gasteiger charge is -2.25. The fourth-order valence-electron chi connectivity index (χ4n) is 8.76. The van der Waals surface area contributed by atoms with E-state index in [-0.39, 0.29) is 0 Å². The topological polar surface area (TPSA) is 73.9 Å². The number of fused-ring (bicyclic) bond motifs is 10. The van der Waals surface area contributed by atoms with Gasteiger partial charge in [0.2, 0.25) is 0 Å². The molecule has 3 aromatic heterocycles. The molecule has 2 N–H and O–H groups in total. The van der Waals surface area contributed by atoms with Crippen LogP contribution in [0.4, 0.5) is 17.1 Å². The Kier molecular flexibility index (Phi) is 7.06. The van der Waals surface area contributed by atoms with Crippen LogP contribution in [0.5, 0.6) is 0 Å². The predicted octanol–water partition coefficient (Wildman–Crippen LogP) is 13.2. The number of benzene rings is 8. The van der Waals surface area contributed by atoms with Gasteiger partial charge in [-0.1, -0.05) is 91.0 Å². The van der Waals surface area contributed by atoms with E-state index in [9.17, 15) is 0 Å². The molecule has 264 valence electrons. The second kappa shape index (κ2) is 12.4. The Balaban J connectivity index is 1.22. The third-order valence-electron chi connectivity index (χ3n) is 11.1. The number of nitrogens with zero attached hydrogens (tertiary/aromatic N) is 3. The largest absolute Gasteiger partial charge is 0.455 e. The number of rotatable bonds is 7. The van der Waals surface area contributed by atoms with Crippen molar-refractivity contribution < 1.29 is 4.42 Å². The van der Waals surface area contributed by atoms with E-state index in [2.05, 4.69) is 166 Å². The smallest absolute Gasteiger partial charge is 0.145 e. The van der Waals surface area contributed by atoms with E-state index in [0.29, 0.717) is 11.1 Å². The minimum Gasteiger partial charge on any atom is -0.455 e. The summed E-state index contributed by atoms with van der Waals surface area (Å²) in [6.07, 6.45) is 2.79. The van der Waals surface area contributed by atoms with Crippen LogP contribution >= 0.6 is 0 Å². The predicted molar refractivity (Wildman–Crippen MR) is 233 cm³/mol. The van der Waals surface area contributed by atoms with Crippen LogP contribution in [0, 0.1) is 10.8 Å². The normalized spacial score (nSPS) is 11.7. The molecule has 0 unspecified atom stereocenters. The third-order valence-corrected chi connectivity index (χ3v) is 11.1. The number of aromatic nitrogens is 2. The minimum absolute atomic E-state index is 0.655. The molecule has 0 spiro atoms. The van der Waals surface area contributed by atoms with Crippen LogP contribution in [0.2, 0.25) is 0 Å². The van der Waals surface area contributed by atoms with Gasteiger partial charge in [0, 0.05) is 67.5 Å². The highest BCUT2D eigenvalue weighted by atomic mass is 16.3. The maximum absolute atomic E-state index is 8.90. The Hall–Kier alpha value is -7.70. The Morgan fingerprint density at radius 1 is 0.411 bits per heavy atom. The first kappa shape index (κ1) is 31.8. The highest BCUT2D eigenvalue weighted by Crippen LogP contribution is 2.44. The van der Waals surface area contributed by atoms with Gasteiger partial charge in [-0.3, -0.25) is 0 Å². The standard InChI is InChI=1S/C50H33N5O/c51-30-40-41(31-52)46(28-27-45(40)54-42-20-10-7-17-35(42)36-18-8-11-21-43(36)54)55-44-25-23-34(53(32-13-3-1-4-14-32)33-15-5-2-6-16-33)29-39(44)49-47(55)26-24-38-37-19-9-12-22-48(37)56-50(38)49/h1-31,51-52H. The summed E-state index contributed by atoms with van der Waals surface area (Å²) in [6.45, 7) is 0. The van der Waals surface area contributed by atoms with Crippen molar-refractivity contribution in [2.24, 2.45) is 0 Å². The van der Waals surface area contributed by atoms with Gasteiger partial charge in [0.25, 0.3) is 0 Å². The summed E-state index contributed by atoms with van der Waals surface area (Å²) >= 11 is 0. The van der Waals surface area contributed by atoms with Crippen molar-refractivity contribution in [3.63, 3.8) is 0 Å². The summed E-state index contributed by atoms with van der Waals surface area (Å²) in [5.74, 6) is 0. The van der Waals surface area contributed by atoms with Crippen LogP contribution in [-0.4, -0.2) is 21.6 Å². The number of anilines is 3. The Morgan fingerprint density at radius 3 is 1.52 bits per heavy atom. The minimum atomic E-state index is 0.655. The average molecular weight is 720 g/mol. The molecule has 8 aromatic carbocycles. The summed E-state index contributed by atoms with van der Waals surface area (Å²) in [6, 6.07) is 60.9. The lowest BCUT2D eigenvalue weighted by molar-refractivity contribution is 0.673. The maximum atomic E-state index is 8.90. The molecule has 0 saturated carbocycles. The quantitative estimate of drug-likeness (QED) is 0.161. The highest BCUT2D eigenvalue weighted by molar-refractivity contribution is 6.24. The van der Waals surface area contributed by atoms with Crippen LogP contribution in [0.3, 0.4) is 0 Å². The van der Waals surface area contributed by atoms with E-state index in [0.717, 1.165) is 94.0 Å². The number of nitrogens with one attached hydrogen (secondary N) is 2. The molecule has 0 aliphatic rings. The fraction of sp³-hybridized carbons (Fsp3) is 0. The van der Waals surface area contributed by atoms with Gasteiger partial charge >= 0.3 is 0 Å². The van der Waals surface area contributed by atoms with Crippen LogP contribution in [-0.2, 0) is 0 Å². The van der Waals surface area contributed by atoms with Crippen LogP contribution in [0.15, 0.2) is 180 Å². The van der Waals surface area contributed by atoms with Crippen molar-refractivity contribution >= 4 is 95.0 Å². The fourth-order valence-corrected chi connectivity index (χ4v) is 8.76. The van der Waals surface area contributed by atoms with E-state index in [1.54, 1.807) is 0 Å². The summed E-state index contributed by atoms with van der Waals surface area (Å²) in [5.41, 5.74) is 11.8. The van der Waals surface area contributed by atoms with Gasteiger partial charge in [0.05, 0.1) is 38.8 Å². The number of furan rings is 1. The second-order valence-electron chi connectivity index (χ2n) is 14.1. The molecule has 0 radical (unpaired) electrons. The molecule has 56 heavy (non-hydrogen) atoms.